The molecule has 1 heterocycles. The van der Waals surface area contributed by atoms with Crippen LogP contribution < -0.4 is 0 Å². The molecule has 0 bridgehead atoms. The highest BCUT2D eigenvalue weighted by molar-refractivity contribution is 5.94. The summed E-state index contributed by atoms with van der Waals surface area (Å²) in [5.41, 5.74) is 1.76. The van der Waals surface area contributed by atoms with E-state index in [4.69, 9.17) is 4.98 Å². The van der Waals surface area contributed by atoms with E-state index in [1.54, 1.807) is 4.90 Å². The molecule has 0 aliphatic rings. The molecule has 0 atom stereocenters. The van der Waals surface area contributed by atoms with E-state index < -0.39 is 17.5 Å². The van der Waals surface area contributed by atoms with Crippen LogP contribution in [0, 0.1) is 17.6 Å². The molecular weight excluding hydrogens is 360 g/mol. The number of aromatic nitrogens is 2. The van der Waals surface area contributed by atoms with E-state index in [2.05, 4.69) is 11.5 Å². The van der Waals surface area contributed by atoms with Crippen molar-refractivity contribution in [2.24, 2.45) is 5.92 Å². The Morgan fingerprint density at radius 3 is 2.61 bits per heavy atom. The van der Waals surface area contributed by atoms with Crippen LogP contribution in [0.2, 0.25) is 0 Å². The quantitative estimate of drug-likeness (QED) is 0.573. The van der Waals surface area contributed by atoms with Gasteiger partial charge in [-0.1, -0.05) is 32.9 Å². The average Bonchev–Trinajstić information content (AvgIpc) is 2.98. The normalized spacial score (nSPS) is 11.4. The number of halogens is 2. The molecule has 0 radical (unpaired) electrons. The van der Waals surface area contributed by atoms with E-state index in [1.807, 2.05) is 38.1 Å². The maximum atomic E-state index is 14.2. The Labute approximate surface area is 163 Å². The summed E-state index contributed by atoms with van der Waals surface area (Å²) < 4.78 is 29.6. The molecule has 0 spiro atoms. The van der Waals surface area contributed by atoms with Crippen LogP contribution in [-0.2, 0) is 13.1 Å². The molecule has 6 heteroatoms. The lowest BCUT2D eigenvalue weighted by Gasteiger charge is -2.25. The number of hydrogen-bond donors (Lipinski definition) is 0. The smallest absolute Gasteiger partial charge is 0.257 e. The van der Waals surface area contributed by atoms with Crippen molar-refractivity contribution in [2.45, 2.75) is 40.3 Å². The summed E-state index contributed by atoms with van der Waals surface area (Å²) >= 11 is 0. The van der Waals surface area contributed by atoms with E-state index in [-0.39, 0.29) is 18.0 Å². The third-order valence-electron chi connectivity index (χ3n) is 4.55. The Morgan fingerprint density at radius 1 is 1.18 bits per heavy atom. The van der Waals surface area contributed by atoms with Gasteiger partial charge in [0.1, 0.15) is 17.5 Å². The molecule has 0 fully saturated rings. The van der Waals surface area contributed by atoms with E-state index in [9.17, 15) is 13.6 Å². The van der Waals surface area contributed by atoms with Crippen LogP contribution >= 0.6 is 0 Å². The van der Waals surface area contributed by atoms with Crippen molar-refractivity contribution in [2.75, 3.05) is 6.54 Å². The van der Waals surface area contributed by atoms with Gasteiger partial charge >= 0.3 is 0 Å². The summed E-state index contributed by atoms with van der Waals surface area (Å²) in [5.74, 6) is -1.05. The van der Waals surface area contributed by atoms with Crippen molar-refractivity contribution >= 4 is 16.9 Å². The molecule has 3 rings (SSSR count). The highest BCUT2D eigenvalue weighted by atomic mass is 19.1. The lowest BCUT2D eigenvalue weighted by Crippen LogP contribution is -2.35. The lowest BCUT2D eigenvalue weighted by atomic mass is 10.1. The summed E-state index contributed by atoms with van der Waals surface area (Å²) in [6.45, 7) is 7.58. The molecule has 1 aromatic heterocycles. The summed E-state index contributed by atoms with van der Waals surface area (Å²) in [6.07, 6.45) is 0.929. The predicted octanol–water partition coefficient (Wildman–Crippen LogP) is 5.02. The van der Waals surface area contributed by atoms with Crippen molar-refractivity contribution in [1.82, 2.24) is 14.5 Å². The number of carbonyl (C=O) groups is 1. The van der Waals surface area contributed by atoms with Crippen molar-refractivity contribution in [1.29, 1.82) is 0 Å². The number of rotatable bonds is 7. The van der Waals surface area contributed by atoms with Gasteiger partial charge in [-0.25, -0.2) is 13.8 Å². The van der Waals surface area contributed by atoms with Crippen molar-refractivity contribution < 1.29 is 13.6 Å². The number of amides is 1. The third-order valence-corrected chi connectivity index (χ3v) is 4.55. The molecular formula is C22H25F2N3O. The second-order valence-electron chi connectivity index (χ2n) is 7.37. The Kier molecular flexibility index (Phi) is 6.07. The lowest BCUT2D eigenvalue weighted by molar-refractivity contribution is 0.0711. The monoisotopic (exact) mass is 385 g/mol. The Bertz CT molecular complexity index is 981. The van der Waals surface area contributed by atoms with Gasteiger partial charge in [0.25, 0.3) is 5.91 Å². The molecule has 0 saturated carbocycles. The summed E-state index contributed by atoms with van der Waals surface area (Å²) in [6, 6.07) is 10.9. The first kappa shape index (κ1) is 20.0. The van der Waals surface area contributed by atoms with Gasteiger partial charge in [-0.2, -0.15) is 0 Å². The second kappa shape index (κ2) is 8.50. The van der Waals surface area contributed by atoms with E-state index >= 15 is 0 Å². The van der Waals surface area contributed by atoms with Gasteiger partial charge in [-0.15, -0.1) is 0 Å². The third kappa shape index (κ3) is 4.21. The molecule has 0 aliphatic heterocycles. The fourth-order valence-corrected chi connectivity index (χ4v) is 3.38. The van der Waals surface area contributed by atoms with Crippen molar-refractivity contribution in [3.63, 3.8) is 0 Å². The zero-order valence-corrected chi connectivity index (χ0v) is 16.5. The molecule has 0 unspecified atom stereocenters. The standard InChI is InChI=1S/C22H25F2N3O/c1-4-11-27-20-8-6-5-7-19(20)25-21(27)14-26(13-15(2)3)22(28)17-10-9-16(23)12-18(17)24/h5-10,12,15H,4,11,13-14H2,1-3H3. The van der Waals surface area contributed by atoms with Crippen LogP contribution in [0.3, 0.4) is 0 Å². The molecule has 0 N–H and O–H groups in total. The Hall–Kier alpha value is -2.76. The number of fused-ring (bicyclic) bond motifs is 1. The Morgan fingerprint density at radius 2 is 1.93 bits per heavy atom. The predicted molar refractivity (Wildman–Crippen MR) is 106 cm³/mol. The summed E-state index contributed by atoms with van der Waals surface area (Å²) in [4.78, 5) is 19.3. The fraction of sp³-hybridized carbons (Fsp3) is 0.364. The molecule has 148 valence electrons. The van der Waals surface area contributed by atoms with Crippen LogP contribution in [0.15, 0.2) is 42.5 Å². The molecule has 2 aromatic carbocycles. The maximum Gasteiger partial charge on any atom is 0.257 e. The molecule has 3 aromatic rings. The number of imidazole rings is 1. The molecule has 1 amide bonds. The minimum Gasteiger partial charge on any atom is -0.331 e. The molecule has 4 nitrogen and oxygen atoms in total. The van der Waals surface area contributed by atoms with E-state index in [0.29, 0.717) is 6.54 Å². The summed E-state index contributed by atoms with van der Waals surface area (Å²) in [7, 11) is 0. The zero-order valence-electron chi connectivity index (χ0n) is 16.5. The topological polar surface area (TPSA) is 38.1 Å². The highest BCUT2D eigenvalue weighted by Crippen LogP contribution is 2.20. The number of para-hydroxylation sites is 2. The minimum absolute atomic E-state index is 0.125. The van der Waals surface area contributed by atoms with Crippen LogP contribution in [0.4, 0.5) is 8.78 Å². The fourth-order valence-electron chi connectivity index (χ4n) is 3.38. The van der Waals surface area contributed by atoms with Crippen molar-refractivity contribution in [3.8, 4) is 0 Å². The van der Waals surface area contributed by atoms with Gasteiger partial charge in [-0.05, 0) is 36.6 Å². The number of benzene rings is 2. The number of carbonyl (C=O) groups excluding carboxylic acids is 1. The maximum absolute atomic E-state index is 14.2. The first-order chi connectivity index (χ1) is 13.4. The van der Waals surface area contributed by atoms with Crippen LogP contribution in [0.5, 0.6) is 0 Å². The van der Waals surface area contributed by atoms with Gasteiger partial charge in [0.05, 0.1) is 23.1 Å². The van der Waals surface area contributed by atoms with Gasteiger partial charge in [-0.3, -0.25) is 4.79 Å². The number of nitrogens with zero attached hydrogens (tertiary/aromatic N) is 3. The van der Waals surface area contributed by atoms with E-state index in [0.717, 1.165) is 42.0 Å². The van der Waals surface area contributed by atoms with Gasteiger partial charge in [0, 0.05) is 19.2 Å². The molecule has 0 aliphatic carbocycles. The van der Waals surface area contributed by atoms with E-state index in [1.165, 1.54) is 6.07 Å². The van der Waals surface area contributed by atoms with Gasteiger partial charge in [0.15, 0.2) is 0 Å². The highest BCUT2D eigenvalue weighted by Gasteiger charge is 2.23. The van der Waals surface area contributed by atoms with Crippen LogP contribution in [-0.4, -0.2) is 26.9 Å². The first-order valence-electron chi connectivity index (χ1n) is 9.59. The zero-order chi connectivity index (χ0) is 20.3. The van der Waals surface area contributed by atoms with Gasteiger partial charge in [0.2, 0.25) is 0 Å². The molecule has 0 saturated heterocycles. The largest absolute Gasteiger partial charge is 0.331 e. The second-order valence-corrected chi connectivity index (χ2v) is 7.37. The molecule has 28 heavy (non-hydrogen) atoms. The summed E-state index contributed by atoms with van der Waals surface area (Å²) in [5, 5.41) is 0. The van der Waals surface area contributed by atoms with Crippen LogP contribution in [0.25, 0.3) is 11.0 Å². The Balaban J connectivity index is 1.98. The van der Waals surface area contributed by atoms with Crippen molar-refractivity contribution in [3.05, 3.63) is 65.5 Å². The average molecular weight is 385 g/mol. The SMILES string of the molecule is CCCn1c(CN(CC(C)C)C(=O)c2ccc(F)cc2F)nc2ccccc21. The van der Waals surface area contributed by atoms with Gasteiger partial charge < -0.3 is 9.47 Å². The first-order valence-corrected chi connectivity index (χ1v) is 9.59. The number of hydrogen-bond acceptors (Lipinski definition) is 2. The minimum atomic E-state index is -0.846. The van der Waals surface area contributed by atoms with Crippen LogP contribution in [0.1, 0.15) is 43.4 Å². The number of aryl methyl sites for hydroxylation is 1.